The number of nitrogens with zero attached hydrogens (tertiary/aromatic N) is 3. The molecule has 0 bridgehead atoms. The van der Waals surface area contributed by atoms with E-state index in [2.05, 4.69) is 18.8 Å². The first-order valence-corrected chi connectivity index (χ1v) is 10.2. The quantitative estimate of drug-likeness (QED) is 0.478. The van der Waals surface area contributed by atoms with Gasteiger partial charge in [0.05, 0.1) is 37.7 Å². The molecular formula is C23H28N4O4. The molecule has 3 N–H and O–H groups in total. The van der Waals surface area contributed by atoms with E-state index in [1.165, 1.54) is 0 Å². The summed E-state index contributed by atoms with van der Waals surface area (Å²) < 4.78 is 13.1. The monoisotopic (exact) mass is 424 g/mol. The lowest BCUT2D eigenvalue weighted by Crippen LogP contribution is -2.07. The molecule has 8 nitrogen and oxygen atoms in total. The minimum absolute atomic E-state index is 0.120. The number of para-hydroxylation sites is 1. The second kappa shape index (κ2) is 9.97. The molecule has 1 aromatic carbocycles. The molecule has 0 radical (unpaired) electrons. The van der Waals surface area contributed by atoms with Gasteiger partial charge in [0.15, 0.2) is 17.3 Å². The minimum Gasteiger partial charge on any atom is -0.493 e. The lowest BCUT2D eigenvalue weighted by atomic mass is 10.0. The van der Waals surface area contributed by atoms with Gasteiger partial charge in [0.1, 0.15) is 0 Å². The van der Waals surface area contributed by atoms with Crippen molar-refractivity contribution in [2.24, 2.45) is 0 Å². The SMILES string of the molecule is COc1cccc(CC(=O)O)c1OCCCc1cn(-c2ccc(N)cn2)nc1C(C)C. The first kappa shape index (κ1) is 22.1. The normalized spacial score (nSPS) is 11.0. The number of pyridine rings is 1. The standard InChI is InChI=1S/C23H28N4O4/c1-15(2)22-17(14-27(26-22)20-10-9-18(24)13-25-20)7-5-11-31-23-16(12-21(28)29)6-4-8-19(23)30-3/h4,6,8-10,13-15H,5,7,11-12,24H2,1-3H3,(H,28,29). The molecule has 0 unspecified atom stereocenters. The summed E-state index contributed by atoms with van der Waals surface area (Å²) in [5.41, 5.74) is 9.07. The van der Waals surface area contributed by atoms with E-state index in [9.17, 15) is 4.79 Å². The number of anilines is 1. The van der Waals surface area contributed by atoms with E-state index in [0.29, 0.717) is 35.2 Å². The fourth-order valence-electron chi connectivity index (χ4n) is 3.38. The van der Waals surface area contributed by atoms with Gasteiger partial charge in [0.25, 0.3) is 0 Å². The third-order valence-electron chi connectivity index (χ3n) is 4.83. The van der Waals surface area contributed by atoms with Crippen LogP contribution in [0.5, 0.6) is 11.5 Å². The average Bonchev–Trinajstić information content (AvgIpc) is 3.16. The largest absolute Gasteiger partial charge is 0.493 e. The molecule has 0 aliphatic heterocycles. The van der Waals surface area contributed by atoms with Crippen LogP contribution < -0.4 is 15.2 Å². The third kappa shape index (κ3) is 5.53. The Morgan fingerprint density at radius 3 is 2.68 bits per heavy atom. The summed E-state index contributed by atoms with van der Waals surface area (Å²) in [7, 11) is 1.54. The molecule has 2 heterocycles. The summed E-state index contributed by atoms with van der Waals surface area (Å²) in [5.74, 6) is 1.08. The van der Waals surface area contributed by atoms with Crippen molar-refractivity contribution >= 4 is 11.7 Å². The van der Waals surface area contributed by atoms with Gasteiger partial charge in [-0.3, -0.25) is 4.79 Å². The van der Waals surface area contributed by atoms with Gasteiger partial charge >= 0.3 is 5.97 Å². The number of carbonyl (C=O) groups is 1. The molecule has 0 saturated heterocycles. The van der Waals surface area contributed by atoms with E-state index in [1.807, 2.05) is 12.3 Å². The first-order valence-electron chi connectivity index (χ1n) is 10.2. The van der Waals surface area contributed by atoms with Crippen LogP contribution >= 0.6 is 0 Å². The minimum atomic E-state index is -0.914. The number of aliphatic carboxylic acids is 1. The van der Waals surface area contributed by atoms with Crippen molar-refractivity contribution < 1.29 is 19.4 Å². The van der Waals surface area contributed by atoms with Crippen molar-refractivity contribution in [2.75, 3.05) is 19.5 Å². The van der Waals surface area contributed by atoms with Crippen LogP contribution in [0.1, 0.15) is 43.0 Å². The molecule has 3 rings (SSSR count). The van der Waals surface area contributed by atoms with Crippen molar-refractivity contribution in [3.8, 4) is 17.3 Å². The predicted octanol–water partition coefficient (Wildman–Crippen LogP) is 3.62. The maximum Gasteiger partial charge on any atom is 0.307 e. The number of carboxylic acid groups (broad SMARTS) is 1. The molecular weight excluding hydrogens is 396 g/mol. The Bertz CT molecular complexity index is 1030. The summed E-state index contributed by atoms with van der Waals surface area (Å²) in [6.45, 7) is 4.64. The molecule has 0 atom stereocenters. The van der Waals surface area contributed by atoms with Gasteiger partial charge in [-0.2, -0.15) is 5.10 Å². The summed E-state index contributed by atoms with van der Waals surface area (Å²) in [4.78, 5) is 15.5. The predicted molar refractivity (Wildman–Crippen MR) is 118 cm³/mol. The van der Waals surface area contributed by atoms with E-state index in [4.69, 9.17) is 25.4 Å². The van der Waals surface area contributed by atoms with Gasteiger partial charge in [-0.25, -0.2) is 9.67 Å². The Morgan fingerprint density at radius 1 is 1.23 bits per heavy atom. The highest BCUT2D eigenvalue weighted by atomic mass is 16.5. The van der Waals surface area contributed by atoms with Crippen LogP contribution in [0.2, 0.25) is 0 Å². The molecule has 0 amide bonds. The first-order chi connectivity index (χ1) is 14.9. The number of hydrogen-bond donors (Lipinski definition) is 2. The number of ether oxygens (including phenoxy) is 2. The zero-order chi connectivity index (χ0) is 22.4. The van der Waals surface area contributed by atoms with Crippen LogP contribution in [-0.4, -0.2) is 39.6 Å². The van der Waals surface area contributed by atoms with Crippen molar-refractivity contribution in [3.63, 3.8) is 0 Å². The fraction of sp³-hybridized carbons (Fsp3) is 0.348. The number of methoxy groups -OCH3 is 1. The molecule has 164 valence electrons. The topological polar surface area (TPSA) is 112 Å². The van der Waals surface area contributed by atoms with Crippen LogP contribution in [0.3, 0.4) is 0 Å². The van der Waals surface area contributed by atoms with Gasteiger partial charge in [-0.1, -0.05) is 26.0 Å². The van der Waals surface area contributed by atoms with Crippen LogP contribution in [0.4, 0.5) is 5.69 Å². The number of aryl methyl sites for hydroxylation is 1. The highest BCUT2D eigenvalue weighted by Crippen LogP contribution is 2.32. The van der Waals surface area contributed by atoms with Crippen LogP contribution in [-0.2, 0) is 17.6 Å². The van der Waals surface area contributed by atoms with Gasteiger partial charge in [0, 0.05) is 11.8 Å². The zero-order valence-electron chi connectivity index (χ0n) is 18.0. The van der Waals surface area contributed by atoms with Gasteiger partial charge in [0.2, 0.25) is 0 Å². The van der Waals surface area contributed by atoms with Crippen molar-refractivity contribution in [1.29, 1.82) is 0 Å². The summed E-state index contributed by atoms with van der Waals surface area (Å²) >= 11 is 0. The lowest BCUT2D eigenvalue weighted by molar-refractivity contribution is -0.136. The van der Waals surface area contributed by atoms with Crippen LogP contribution in [0.25, 0.3) is 5.82 Å². The highest BCUT2D eigenvalue weighted by molar-refractivity contribution is 5.72. The van der Waals surface area contributed by atoms with Gasteiger partial charge < -0.3 is 20.3 Å². The molecule has 0 saturated carbocycles. The fourth-order valence-corrected chi connectivity index (χ4v) is 3.38. The molecule has 0 aliphatic carbocycles. The molecule has 8 heteroatoms. The Labute approximate surface area is 181 Å². The highest BCUT2D eigenvalue weighted by Gasteiger charge is 2.16. The summed E-state index contributed by atoms with van der Waals surface area (Å²) in [6, 6.07) is 8.91. The van der Waals surface area contributed by atoms with E-state index in [1.54, 1.807) is 42.3 Å². The smallest absolute Gasteiger partial charge is 0.307 e. The van der Waals surface area contributed by atoms with E-state index in [-0.39, 0.29) is 12.3 Å². The van der Waals surface area contributed by atoms with Crippen molar-refractivity contribution in [3.05, 3.63) is 59.5 Å². The molecule has 3 aromatic rings. The van der Waals surface area contributed by atoms with E-state index in [0.717, 1.165) is 24.1 Å². The Morgan fingerprint density at radius 2 is 2.03 bits per heavy atom. The van der Waals surface area contributed by atoms with Crippen molar-refractivity contribution in [2.45, 2.75) is 39.0 Å². The molecule has 0 spiro atoms. The summed E-state index contributed by atoms with van der Waals surface area (Å²) in [5, 5.41) is 13.9. The zero-order valence-corrected chi connectivity index (χ0v) is 18.0. The Kier molecular flexibility index (Phi) is 7.12. The number of rotatable bonds is 10. The van der Waals surface area contributed by atoms with E-state index < -0.39 is 5.97 Å². The Balaban J connectivity index is 1.70. The molecule has 0 fully saturated rings. The maximum atomic E-state index is 11.2. The molecule has 31 heavy (non-hydrogen) atoms. The van der Waals surface area contributed by atoms with Crippen LogP contribution in [0.15, 0.2) is 42.7 Å². The van der Waals surface area contributed by atoms with Crippen LogP contribution in [0, 0.1) is 0 Å². The van der Waals surface area contributed by atoms with E-state index >= 15 is 0 Å². The molecule has 0 aliphatic rings. The average molecular weight is 425 g/mol. The third-order valence-corrected chi connectivity index (χ3v) is 4.83. The van der Waals surface area contributed by atoms with Gasteiger partial charge in [-0.15, -0.1) is 0 Å². The number of hydrogen-bond acceptors (Lipinski definition) is 6. The maximum absolute atomic E-state index is 11.2. The number of nitrogen functional groups attached to an aromatic ring is 1. The lowest BCUT2D eigenvalue weighted by Gasteiger charge is -2.14. The summed E-state index contributed by atoms with van der Waals surface area (Å²) in [6.07, 6.45) is 5.00. The Hall–Kier alpha value is -3.55. The number of carboxylic acids is 1. The number of benzene rings is 1. The van der Waals surface area contributed by atoms with Gasteiger partial charge in [-0.05, 0) is 42.5 Å². The second-order valence-electron chi connectivity index (χ2n) is 7.56. The number of aromatic nitrogens is 3. The van der Waals surface area contributed by atoms with Crippen molar-refractivity contribution in [1.82, 2.24) is 14.8 Å². The second-order valence-corrected chi connectivity index (χ2v) is 7.56. The number of nitrogens with two attached hydrogens (primary N) is 1. The molecule has 2 aromatic heterocycles.